The first kappa shape index (κ1) is 16.3. The van der Waals surface area contributed by atoms with Crippen molar-refractivity contribution < 1.29 is 4.79 Å². The zero-order valence-electron chi connectivity index (χ0n) is 12.8. The fraction of sp³-hybridized carbons (Fsp3) is 0.294. The van der Waals surface area contributed by atoms with Crippen molar-refractivity contribution in [3.63, 3.8) is 0 Å². The Labute approximate surface area is 135 Å². The molecule has 0 spiro atoms. The highest BCUT2D eigenvalue weighted by molar-refractivity contribution is 6.30. The highest BCUT2D eigenvalue weighted by atomic mass is 35.5. The Hall–Kier alpha value is -2.07. The van der Waals surface area contributed by atoms with Crippen LogP contribution in [0.1, 0.15) is 26.7 Å². The molecule has 4 nitrogen and oxygen atoms in total. The first-order valence-electron chi connectivity index (χ1n) is 7.42. The van der Waals surface area contributed by atoms with Gasteiger partial charge in [-0.2, -0.15) is 0 Å². The first-order valence-corrected chi connectivity index (χ1v) is 7.79. The predicted octanol–water partition coefficient (Wildman–Crippen LogP) is 4.85. The number of carbonyl (C=O) groups is 1. The second-order valence-corrected chi connectivity index (χ2v) is 5.50. The summed E-state index contributed by atoms with van der Waals surface area (Å²) in [7, 11) is 0. The number of rotatable bonds is 6. The van der Waals surface area contributed by atoms with Crippen LogP contribution in [-0.2, 0) is 4.79 Å². The van der Waals surface area contributed by atoms with E-state index >= 15 is 0 Å². The molecule has 0 saturated heterocycles. The Bertz CT molecular complexity index is 607. The maximum absolute atomic E-state index is 12.0. The van der Waals surface area contributed by atoms with Gasteiger partial charge in [0.05, 0.1) is 11.9 Å². The number of halogens is 1. The number of benzene rings is 1. The van der Waals surface area contributed by atoms with E-state index in [-0.39, 0.29) is 11.8 Å². The Morgan fingerprint density at radius 3 is 2.27 bits per heavy atom. The summed E-state index contributed by atoms with van der Waals surface area (Å²) in [6, 6.07) is 11.1. The maximum atomic E-state index is 12.0. The monoisotopic (exact) mass is 317 g/mol. The van der Waals surface area contributed by atoms with Crippen LogP contribution in [0, 0.1) is 5.92 Å². The summed E-state index contributed by atoms with van der Waals surface area (Å²) in [6.07, 6.45) is 3.36. The van der Waals surface area contributed by atoms with E-state index in [9.17, 15) is 4.79 Å². The Morgan fingerprint density at radius 2 is 1.73 bits per heavy atom. The van der Waals surface area contributed by atoms with Gasteiger partial charge in [0.1, 0.15) is 5.82 Å². The van der Waals surface area contributed by atoms with Gasteiger partial charge in [0.2, 0.25) is 5.91 Å². The SMILES string of the molecule is CCC(CC)C(=O)Nc1ccc(Nc2ccc(Cl)cc2)cn1. The lowest BCUT2D eigenvalue weighted by atomic mass is 10.0. The third-order valence-corrected chi connectivity index (χ3v) is 3.76. The van der Waals surface area contributed by atoms with Crippen molar-refractivity contribution in [3.05, 3.63) is 47.6 Å². The summed E-state index contributed by atoms with van der Waals surface area (Å²) < 4.78 is 0. The maximum Gasteiger partial charge on any atom is 0.228 e. The molecule has 1 aromatic carbocycles. The van der Waals surface area contributed by atoms with Gasteiger partial charge in [-0.25, -0.2) is 4.98 Å². The summed E-state index contributed by atoms with van der Waals surface area (Å²) in [5, 5.41) is 6.77. The number of nitrogens with zero attached hydrogens (tertiary/aromatic N) is 1. The van der Waals surface area contributed by atoms with Gasteiger partial charge in [0.15, 0.2) is 0 Å². The summed E-state index contributed by atoms with van der Waals surface area (Å²) in [6.45, 7) is 4.03. The number of pyridine rings is 1. The van der Waals surface area contributed by atoms with Gasteiger partial charge in [-0.05, 0) is 49.2 Å². The van der Waals surface area contributed by atoms with Crippen molar-refractivity contribution in [2.45, 2.75) is 26.7 Å². The second-order valence-electron chi connectivity index (χ2n) is 5.07. The molecule has 1 amide bonds. The molecule has 0 fully saturated rings. The topological polar surface area (TPSA) is 54.0 Å². The largest absolute Gasteiger partial charge is 0.354 e. The standard InChI is InChI=1S/C17H20ClN3O/c1-3-12(4-2)17(22)21-16-10-9-15(11-19-16)20-14-7-5-13(18)6-8-14/h5-12,20H,3-4H2,1-2H3,(H,19,21,22). The van der Waals surface area contributed by atoms with Crippen LogP contribution in [0.4, 0.5) is 17.2 Å². The number of hydrogen-bond acceptors (Lipinski definition) is 3. The third kappa shape index (κ3) is 4.46. The Kier molecular flexibility index (Phi) is 5.78. The van der Waals surface area contributed by atoms with Crippen LogP contribution >= 0.6 is 11.6 Å². The van der Waals surface area contributed by atoms with Crippen LogP contribution < -0.4 is 10.6 Å². The van der Waals surface area contributed by atoms with E-state index in [0.29, 0.717) is 10.8 Å². The van der Waals surface area contributed by atoms with Crippen LogP contribution in [0.2, 0.25) is 5.02 Å². The van der Waals surface area contributed by atoms with Crippen LogP contribution in [0.15, 0.2) is 42.6 Å². The van der Waals surface area contributed by atoms with Gasteiger partial charge in [0, 0.05) is 16.6 Å². The fourth-order valence-electron chi connectivity index (χ4n) is 2.13. The zero-order chi connectivity index (χ0) is 15.9. The second kappa shape index (κ2) is 7.80. The van der Waals surface area contributed by atoms with Crippen molar-refractivity contribution in [1.82, 2.24) is 4.98 Å². The van der Waals surface area contributed by atoms with Gasteiger partial charge in [-0.3, -0.25) is 4.79 Å². The minimum absolute atomic E-state index is 0.0240. The number of anilines is 3. The lowest BCUT2D eigenvalue weighted by Crippen LogP contribution is -2.22. The molecule has 1 aromatic heterocycles. The zero-order valence-corrected chi connectivity index (χ0v) is 13.5. The Morgan fingerprint density at radius 1 is 1.09 bits per heavy atom. The Balaban J connectivity index is 1.98. The molecule has 0 bridgehead atoms. The minimum atomic E-state index is 0.0240. The predicted molar refractivity (Wildman–Crippen MR) is 91.7 cm³/mol. The molecule has 0 aliphatic heterocycles. The molecule has 0 aliphatic carbocycles. The molecule has 2 aromatic rings. The highest BCUT2D eigenvalue weighted by Crippen LogP contribution is 2.19. The highest BCUT2D eigenvalue weighted by Gasteiger charge is 2.14. The lowest BCUT2D eigenvalue weighted by Gasteiger charge is -2.12. The summed E-state index contributed by atoms with van der Waals surface area (Å²) in [4.78, 5) is 16.3. The molecule has 2 N–H and O–H groups in total. The van der Waals surface area contributed by atoms with Crippen LogP contribution in [0.3, 0.4) is 0 Å². The van der Waals surface area contributed by atoms with Crippen molar-refractivity contribution >= 4 is 34.7 Å². The smallest absolute Gasteiger partial charge is 0.228 e. The molecule has 0 saturated carbocycles. The molecule has 0 unspecified atom stereocenters. The molecule has 0 aliphatic rings. The molecule has 22 heavy (non-hydrogen) atoms. The van der Waals surface area contributed by atoms with E-state index in [1.54, 1.807) is 12.3 Å². The van der Waals surface area contributed by atoms with Crippen molar-refractivity contribution in [3.8, 4) is 0 Å². The molecule has 0 atom stereocenters. The molecular formula is C17H20ClN3O. The number of carbonyl (C=O) groups excluding carboxylic acids is 1. The average molecular weight is 318 g/mol. The van der Waals surface area contributed by atoms with E-state index in [2.05, 4.69) is 15.6 Å². The molecule has 2 rings (SSSR count). The van der Waals surface area contributed by atoms with Gasteiger partial charge in [-0.15, -0.1) is 0 Å². The van der Waals surface area contributed by atoms with Crippen molar-refractivity contribution in [1.29, 1.82) is 0 Å². The quantitative estimate of drug-likeness (QED) is 0.800. The normalized spacial score (nSPS) is 10.5. The first-order chi connectivity index (χ1) is 10.6. The van der Waals surface area contributed by atoms with E-state index < -0.39 is 0 Å². The molecule has 116 valence electrons. The number of aromatic nitrogens is 1. The summed E-state index contributed by atoms with van der Waals surface area (Å²) in [5.74, 6) is 0.628. The minimum Gasteiger partial charge on any atom is -0.354 e. The van der Waals surface area contributed by atoms with Gasteiger partial charge in [0.25, 0.3) is 0 Å². The number of hydrogen-bond donors (Lipinski definition) is 2. The molecule has 5 heteroatoms. The number of amides is 1. The van der Waals surface area contributed by atoms with Crippen LogP contribution in [-0.4, -0.2) is 10.9 Å². The van der Waals surface area contributed by atoms with Crippen LogP contribution in [0.5, 0.6) is 0 Å². The third-order valence-electron chi connectivity index (χ3n) is 3.50. The van der Waals surface area contributed by atoms with Gasteiger partial charge in [-0.1, -0.05) is 25.4 Å². The fourth-order valence-corrected chi connectivity index (χ4v) is 2.26. The summed E-state index contributed by atoms with van der Waals surface area (Å²) >= 11 is 5.85. The van der Waals surface area contributed by atoms with E-state index in [1.807, 2.05) is 44.2 Å². The van der Waals surface area contributed by atoms with Crippen molar-refractivity contribution in [2.24, 2.45) is 5.92 Å². The van der Waals surface area contributed by atoms with Gasteiger partial charge >= 0.3 is 0 Å². The van der Waals surface area contributed by atoms with E-state index in [1.165, 1.54) is 0 Å². The van der Waals surface area contributed by atoms with E-state index in [4.69, 9.17) is 11.6 Å². The molecular weight excluding hydrogens is 298 g/mol. The van der Waals surface area contributed by atoms with Gasteiger partial charge < -0.3 is 10.6 Å². The lowest BCUT2D eigenvalue weighted by molar-refractivity contribution is -0.120. The number of nitrogens with one attached hydrogen (secondary N) is 2. The average Bonchev–Trinajstić information content (AvgIpc) is 2.53. The van der Waals surface area contributed by atoms with Crippen LogP contribution in [0.25, 0.3) is 0 Å². The molecule has 1 heterocycles. The van der Waals surface area contributed by atoms with Crippen molar-refractivity contribution in [2.75, 3.05) is 10.6 Å². The summed E-state index contributed by atoms with van der Waals surface area (Å²) in [5.41, 5.74) is 1.78. The molecule has 0 radical (unpaired) electrons. The van der Waals surface area contributed by atoms with E-state index in [0.717, 1.165) is 24.2 Å².